The van der Waals surface area contributed by atoms with Gasteiger partial charge in [0.15, 0.2) is 16.7 Å². The van der Waals surface area contributed by atoms with Gasteiger partial charge in [-0.25, -0.2) is 4.39 Å². The molecule has 0 saturated heterocycles. The molecule has 1 aromatic carbocycles. The second kappa shape index (κ2) is 5.82. The minimum absolute atomic E-state index is 0.236. The van der Waals surface area contributed by atoms with E-state index in [9.17, 15) is 4.39 Å². The molecule has 0 fully saturated rings. The predicted molar refractivity (Wildman–Crippen MR) is 79.7 cm³/mol. The van der Waals surface area contributed by atoms with Crippen LogP contribution in [0.15, 0.2) is 23.2 Å². The molecule has 1 aliphatic heterocycles. The Kier molecular flexibility index (Phi) is 4.34. The molecule has 1 heterocycles. The highest BCUT2D eigenvalue weighted by molar-refractivity contribution is 8.14. The molecule has 104 valence electrons. The van der Waals surface area contributed by atoms with Crippen LogP contribution in [0.3, 0.4) is 0 Å². The molecule has 0 bridgehead atoms. The van der Waals surface area contributed by atoms with Crippen molar-refractivity contribution in [1.29, 1.82) is 0 Å². The van der Waals surface area contributed by atoms with Crippen LogP contribution in [0.1, 0.15) is 20.8 Å². The first-order chi connectivity index (χ1) is 9.00. The van der Waals surface area contributed by atoms with Crippen molar-refractivity contribution < 1.29 is 9.13 Å². The van der Waals surface area contributed by atoms with Gasteiger partial charge in [0.1, 0.15) is 0 Å². The van der Waals surface area contributed by atoms with Crippen molar-refractivity contribution in [3.63, 3.8) is 0 Å². The zero-order valence-electron chi connectivity index (χ0n) is 11.5. The van der Waals surface area contributed by atoms with Crippen LogP contribution >= 0.6 is 11.8 Å². The Labute approximate surface area is 117 Å². The molecule has 0 unspecified atom stereocenters. The van der Waals surface area contributed by atoms with Crippen LogP contribution in [0, 0.1) is 11.2 Å². The molecule has 5 heteroatoms. The largest absolute Gasteiger partial charge is 0.491 e. The summed E-state index contributed by atoms with van der Waals surface area (Å²) in [5, 5.41) is 4.00. The standard InChI is InChI=1S/C14H19FN2OS/c1-4-18-12-6-5-10(7-11(12)15)17-13-16-8-14(2,3)9-19-13/h5-7H,4,8-9H2,1-3H3,(H,16,17). The van der Waals surface area contributed by atoms with Gasteiger partial charge in [0.25, 0.3) is 0 Å². The molecule has 0 spiro atoms. The van der Waals surface area contributed by atoms with E-state index < -0.39 is 0 Å². The smallest absolute Gasteiger partial charge is 0.167 e. The van der Waals surface area contributed by atoms with E-state index in [4.69, 9.17) is 4.74 Å². The first kappa shape index (κ1) is 14.2. The molecule has 0 radical (unpaired) electrons. The van der Waals surface area contributed by atoms with Crippen molar-refractivity contribution in [2.75, 3.05) is 24.2 Å². The van der Waals surface area contributed by atoms with E-state index in [0.29, 0.717) is 12.3 Å². The lowest BCUT2D eigenvalue weighted by molar-refractivity contribution is 0.321. The highest BCUT2D eigenvalue weighted by Gasteiger charge is 2.23. The second-order valence-electron chi connectivity index (χ2n) is 5.28. The molecular weight excluding hydrogens is 263 g/mol. The number of nitrogens with zero attached hydrogens (tertiary/aromatic N) is 1. The van der Waals surface area contributed by atoms with Gasteiger partial charge in [-0.15, -0.1) is 0 Å². The molecule has 1 aromatic rings. The third-order valence-electron chi connectivity index (χ3n) is 2.73. The summed E-state index contributed by atoms with van der Waals surface area (Å²) in [5.74, 6) is 0.944. The highest BCUT2D eigenvalue weighted by atomic mass is 32.2. The molecule has 0 saturated carbocycles. The number of amidine groups is 1. The minimum atomic E-state index is -0.353. The summed E-state index contributed by atoms with van der Waals surface area (Å²) in [7, 11) is 0. The van der Waals surface area contributed by atoms with Crippen LogP contribution < -0.4 is 10.1 Å². The Morgan fingerprint density at radius 1 is 1.47 bits per heavy atom. The number of halogens is 1. The van der Waals surface area contributed by atoms with Gasteiger partial charge in [0.2, 0.25) is 0 Å². The number of nitrogens with one attached hydrogen (secondary N) is 1. The van der Waals surface area contributed by atoms with Crippen molar-refractivity contribution in [2.24, 2.45) is 10.4 Å². The SMILES string of the molecule is CCOc1ccc(NC2=NCC(C)(C)CS2)cc1F. The van der Waals surface area contributed by atoms with Crippen molar-refractivity contribution in [3.05, 3.63) is 24.0 Å². The normalized spacial score (nSPS) is 17.8. The number of benzene rings is 1. The number of ether oxygens (including phenoxy) is 1. The summed E-state index contributed by atoms with van der Waals surface area (Å²) in [6.45, 7) is 7.47. The molecule has 3 nitrogen and oxygen atoms in total. The van der Waals surface area contributed by atoms with E-state index in [2.05, 4.69) is 24.2 Å². The van der Waals surface area contributed by atoms with Crippen LogP contribution in [0.4, 0.5) is 10.1 Å². The molecule has 19 heavy (non-hydrogen) atoms. The minimum Gasteiger partial charge on any atom is -0.491 e. The molecule has 1 N–H and O–H groups in total. The predicted octanol–water partition coefficient (Wildman–Crippen LogP) is 3.77. The molecular formula is C14H19FN2OS. The van der Waals surface area contributed by atoms with E-state index in [0.717, 1.165) is 17.5 Å². The number of thioether (sulfide) groups is 1. The van der Waals surface area contributed by atoms with Gasteiger partial charge in [-0.1, -0.05) is 25.6 Å². The van der Waals surface area contributed by atoms with Crippen LogP contribution in [0.25, 0.3) is 0 Å². The lowest BCUT2D eigenvalue weighted by atomic mass is 9.97. The number of hydrogen-bond acceptors (Lipinski definition) is 4. The lowest BCUT2D eigenvalue weighted by Crippen LogP contribution is -2.27. The fourth-order valence-electron chi connectivity index (χ4n) is 1.69. The maximum atomic E-state index is 13.7. The Bertz CT molecular complexity index is 488. The van der Waals surface area contributed by atoms with Gasteiger partial charge in [-0.05, 0) is 24.5 Å². The fraction of sp³-hybridized carbons (Fsp3) is 0.500. The second-order valence-corrected chi connectivity index (χ2v) is 6.24. The zero-order chi connectivity index (χ0) is 13.9. The lowest BCUT2D eigenvalue weighted by Gasteiger charge is -2.27. The third-order valence-corrected chi connectivity index (χ3v) is 4.16. The maximum Gasteiger partial charge on any atom is 0.167 e. The summed E-state index contributed by atoms with van der Waals surface area (Å²) in [6, 6.07) is 4.88. The van der Waals surface area contributed by atoms with Gasteiger partial charge in [-0.3, -0.25) is 4.99 Å². The van der Waals surface area contributed by atoms with Crippen molar-refractivity contribution >= 4 is 22.6 Å². The average Bonchev–Trinajstić information content (AvgIpc) is 2.35. The van der Waals surface area contributed by atoms with Gasteiger partial charge >= 0.3 is 0 Å². The Morgan fingerprint density at radius 3 is 2.84 bits per heavy atom. The molecule has 0 atom stereocenters. The molecule has 1 aliphatic rings. The Balaban J connectivity index is 2.04. The Morgan fingerprint density at radius 2 is 2.26 bits per heavy atom. The molecule has 0 amide bonds. The summed E-state index contributed by atoms with van der Waals surface area (Å²) >= 11 is 1.67. The van der Waals surface area contributed by atoms with Crippen LogP contribution in [-0.2, 0) is 0 Å². The molecule has 0 aliphatic carbocycles. The summed E-state index contributed by atoms with van der Waals surface area (Å²) in [5.41, 5.74) is 0.937. The van der Waals surface area contributed by atoms with Crippen LogP contribution in [-0.4, -0.2) is 24.1 Å². The average molecular weight is 282 g/mol. The maximum absolute atomic E-state index is 13.7. The zero-order valence-corrected chi connectivity index (χ0v) is 12.3. The van der Waals surface area contributed by atoms with E-state index in [1.54, 1.807) is 23.9 Å². The first-order valence-electron chi connectivity index (χ1n) is 6.37. The monoisotopic (exact) mass is 282 g/mol. The number of hydrogen-bond donors (Lipinski definition) is 1. The van der Waals surface area contributed by atoms with E-state index in [1.165, 1.54) is 6.07 Å². The van der Waals surface area contributed by atoms with E-state index >= 15 is 0 Å². The van der Waals surface area contributed by atoms with Gasteiger partial charge < -0.3 is 10.1 Å². The summed E-state index contributed by atoms with van der Waals surface area (Å²) in [4.78, 5) is 4.48. The van der Waals surface area contributed by atoms with Crippen LogP contribution in [0.2, 0.25) is 0 Å². The van der Waals surface area contributed by atoms with Gasteiger partial charge in [-0.2, -0.15) is 0 Å². The van der Waals surface area contributed by atoms with Gasteiger partial charge in [0, 0.05) is 24.1 Å². The fourth-order valence-corrected chi connectivity index (χ4v) is 2.66. The summed E-state index contributed by atoms with van der Waals surface area (Å²) < 4.78 is 18.9. The van der Waals surface area contributed by atoms with Crippen molar-refractivity contribution in [2.45, 2.75) is 20.8 Å². The highest BCUT2D eigenvalue weighted by Crippen LogP contribution is 2.29. The molecule has 2 rings (SSSR count). The topological polar surface area (TPSA) is 33.6 Å². The van der Waals surface area contributed by atoms with E-state index in [1.807, 2.05) is 6.92 Å². The van der Waals surface area contributed by atoms with Crippen LogP contribution in [0.5, 0.6) is 5.75 Å². The number of rotatable bonds is 3. The summed E-state index contributed by atoms with van der Waals surface area (Å²) in [6.07, 6.45) is 0. The number of aliphatic imine (C=N–C) groups is 1. The third kappa shape index (κ3) is 3.86. The molecule has 0 aromatic heterocycles. The Hall–Kier alpha value is -1.23. The quantitative estimate of drug-likeness (QED) is 0.916. The van der Waals surface area contributed by atoms with Crippen molar-refractivity contribution in [1.82, 2.24) is 0 Å². The first-order valence-corrected chi connectivity index (χ1v) is 7.35. The van der Waals surface area contributed by atoms with Gasteiger partial charge in [0.05, 0.1) is 6.61 Å². The van der Waals surface area contributed by atoms with Crippen molar-refractivity contribution in [3.8, 4) is 5.75 Å². The number of anilines is 1. The van der Waals surface area contributed by atoms with E-state index in [-0.39, 0.29) is 17.0 Å².